The van der Waals surface area contributed by atoms with E-state index in [0.29, 0.717) is 18.7 Å². The van der Waals surface area contributed by atoms with E-state index in [9.17, 15) is 4.39 Å². The zero-order chi connectivity index (χ0) is 14.8. The van der Waals surface area contributed by atoms with Gasteiger partial charge in [-0.25, -0.2) is 4.39 Å². The minimum absolute atomic E-state index is 0.257. The van der Waals surface area contributed by atoms with E-state index in [-0.39, 0.29) is 5.82 Å². The van der Waals surface area contributed by atoms with Crippen LogP contribution >= 0.6 is 0 Å². The van der Waals surface area contributed by atoms with Crippen LogP contribution in [0.2, 0.25) is 0 Å². The normalized spacial score (nSPS) is 15.2. The third-order valence-corrected chi connectivity index (χ3v) is 3.87. The Bertz CT molecular complexity index is 710. The van der Waals surface area contributed by atoms with Crippen LogP contribution in [0.5, 0.6) is 5.75 Å². The molecule has 3 nitrogen and oxygen atoms in total. The molecule has 0 unspecified atom stereocenters. The molecular weight excluding hydrogens is 269 g/mol. The summed E-state index contributed by atoms with van der Waals surface area (Å²) in [5.41, 5.74) is 4.52. The van der Waals surface area contributed by atoms with Crippen LogP contribution in [0.25, 0.3) is 0 Å². The first kappa shape index (κ1) is 13.6. The van der Waals surface area contributed by atoms with E-state index in [1.807, 2.05) is 25.1 Å². The summed E-state index contributed by atoms with van der Waals surface area (Å²) in [6, 6.07) is 10.4. The predicted molar refractivity (Wildman–Crippen MR) is 78.6 cm³/mol. The lowest BCUT2D eigenvalue weighted by atomic mass is 10.1. The van der Waals surface area contributed by atoms with Crippen molar-refractivity contribution < 1.29 is 14.3 Å². The number of benzene rings is 2. The molecule has 0 fully saturated rings. The van der Waals surface area contributed by atoms with Gasteiger partial charge >= 0.3 is 0 Å². The number of aryl methyl sites for hydroxylation is 1. The van der Waals surface area contributed by atoms with E-state index in [4.69, 9.17) is 9.94 Å². The Morgan fingerprint density at radius 3 is 2.90 bits per heavy atom. The second-order valence-electron chi connectivity index (χ2n) is 5.19. The summed E-state index contributed by atoms with van der Waals surface area (Å²) in [6.45, 7) is 2.26. The first-order valence-corrected chi connectivity index (χ1v) is 6.90. The van der Waals surface area contributed by atoms with Gasteiger partial charge in [0.1, 0.15) is 18.2 Å². The lowest BCUT2D eigenvalue weighted by molar-refractivity contribution is 0.302. The van der Waals surface area contributed by atoms with E-state index in [2.05, 4.69) is 5.16 Å². The van der Waals surface area contributed by atoms with Crippen molar-refractivity contribution >= 4 is 5.71 Å². The van der Waals surface area contributed by atoms with Crippen molar-refractivity contribution in [2.75, 3.05) is 0 Å². The van der Waals surface area contributed by atoms with E-state index >= 15 is 0 Å². The molecule has 0 bridgehead atoms. The van der Waals surface area contributed by atoms with Crippen molar-refractivity contribution in [3.05, 3.63) is 64.5 Å². The van der Waals surface area contributed by atoms with Gasteiger partial charge in [0.25, 0.3) is 0 Å². The molecule has 1 N–H and O–H groups in total. The maximum absolute atomic E-state index is 13.3. The third kappa shape index (κ3) is 2.61. The molecule has 0 spiro atoms. The number of ether oxygens (including phenoxy) is 1. The maximum Gasteiger partial charge on any atom is 0.123 e. The summed E-state index contributed by atoms with van der Waals surface area (Å²) in [5, 5.41) is 12.3. The highest BCUT2D eigenvalue weighted by molar-refractivity contribution is 6.04. The molecule has 0 aliphatic heterocycles. The van der Waals surface area contributed by atoms with Crippen LogP contribution < -0.4 is 4.74 Å². The van der Waals surface area contributed by atoms with Crippen LogP contribution in [0.15, 0.2) is 41.6 Å². The van der Waals surface area contributed by atoms with Gasteiger partial charge in [0.2, 0.25) is 0 Å². The summed E-state index contributed by atoms with van der Waals surface area (Å²) in [4.78, 5) is 0. The third-order valence-electron chi connectivity index (χ3n) is 3.87. The number of halogens is 1. The number of hydrogen-bond acceptors (Lipinski definition) is 3. The molecule has 3 rings (SSSR count). The van der Waals surface area contributed by atoms with E-state index in [0.717, 1.165) is 34.4 Å². The Morgan fingerprint density at radius 1 is 1.24 bits per heavy atom. The first-order valence-electron chi connectivity index (χ1n) is 6.90. The highest BCUT2D eigenvalue weighted by Crippen LogP contribution is 2.31. The number of fused-ring (bicyclic) bond motifs is 1. The lowest BCUT2D eigenvalue weighted by Crippen LogP contribution is -2.01. The van der Waals surface area contributed by atoms with Crippen molar-refractivity contribution in [1.29, 1.82) is 0 Å². The minimum Gasteiger partial charge on any atom is -0.489 e. The SMILES string of the molecule is Cc1ccc(F)cc1COc1cccc2c1CC/C2=N\O. The Hall–Kier alpha value is -2.36. The molecule has 0 radical (unpaired) electrons. The van der Waals surface area contributed by atoms with Gasteiger partial charge in [0.05, 0.1) is 5.71 Å². The van der Waals surface area contributed by atoms with Crippen molar-refractivity contribution in [3.8, 4) is 5.75 Å². The molecule has 0 saturated carbocycles. The number of oxime groups is 1. The molecule has 108 valence electrons. The summed E-state index contributed by atoms with van der Waals surface area (Å²) < 4.78 is 19.2. The zero-order valence-electron chi connectivity index (χ0n) is 11.8. The topological polar surface area (TPSA) is 41.8 Å². The average Bonchev–Trinajstić information content (AvgIpc) is 2.92. The van der Waals surface area contributed by atoms with Crippen LogP contribution in [0.4, 0.5) is 4.39 Å². The molecular formula is C17H16FNO2. The average molecular weight is 285 g/mol. The molecule has 0 heterocycles. The second kappa shape index (κ2) is 5.56. The maximum atomic E-state index is 13.3. The van der Waals surface area contributed by atoms with Gasteiger partial charge in [0.15, 0.2) is 0 Å². The largest absolute Gasteiger partial charge is 0.489 e. The van der Waals surface area contributed by atoms with Gasteiger partial charge in [0, 0.05) is 11.1 Å². The fourth-order valence-electron chi connectivity index (χ4n) is 2.66. The minimum atomic E-state index is -0.257. The molecule has 1 aliphatic carbocycles. The molecule has 0 aromatic heterocycles. The van der Waals surface area contributed by atoms with Crippen molar-refractivity contribution in [2.45, 2.75) is 26.4 Å². The smallest absolute Gasteiger partial charge is 0.123 e. The molecule has 0 amide bonds. The standard InChI is InChI=1S/C17H16FNO2/c1-11-5-6-13(18)9-12(11)10-21-17-4-2-3-14-15(17)7-8-16(14)19-20/h2-6,9,20H,7-8,10H2,1H3/b19-16+. The monoisotopic (exact) mass is 285 g/mol. The number of rotatable bonds is 3. The molecule has 2 aromatic carbocycles. The molecule has 2 aromatic rings. The van der Waals surface area contributed by atoms with Crippen LogP contribution in [0.1, 0.15) is 28.7 Å². The van der Waals surface area contributed by atoms with Gasteiger partial charge < -0.3 is 9.94 Å². The highest BCUT2D eigenvalue weighted by atomic mass is 19.1. The van der Waals surface area contributed by atoms with Gasteiger partial charge in [-0.1, -0.05) is 23.4 Å². The molecule has 4 heteroatoms. The number of hydrogen-bond donors (Lipinski definition) is 1. The molecule has 0 atom stereocenters. The Labute approximate surface area is 122 Å². The van der Waals surface area contributed by atoms with Gasteiger partial charge in [-0.05, 0) is 49.1 Å². The fourth-order valence-corrected chi connectivity index (χ4v) is 2.66. The lowest BCUT2D eigenvalue weighted by Gasteiger charge is -2.12. The van der Waals surface area contributed by atoms with E-state index in [1.165, 1.54) is 12.1 Å². The Balaban J connectivity index is 1.84. The summed E-state index contributed by atoms with van der Waals surface area (Å²) in [7, 11) is 0. The van der Waals surface area contributed by atoms with Gasteiger partial charge in [-0.3, -0.25) is 0 Å². The first-order chi connectivity index (χ1) is 10.2. The Morgan fingerprint density at radius 2 is 2.10 bits per heavy atom. The fraction of sp³-hybridized carbons (Fsp3) is 0.235. The van der Waals surface area contributed by atoms with Gasteiger partial charge in [-0.15, -0.1) is 0 Å². The van der Waals surface area contributed by atoms with Gasteiger partial charge in [-0.2, -0.15) is 0 Å². The van der Waals surface area contributed by atoms with Crippen molar-refractivity contribution in [1.82, 2.24) is 0 Å². The van der Waals surface area contributed by atoms with Crippen LogP contribution in [0.3, 0.4) is 0 Å². The van der Waals surface area contributed by atoms with Crippen LogP contribution in [0, 0.1) is 12.7 Å². The number of nitrogens with zero attached hydrogens (tertiary/aromatic N) is 1. The molecule has 0 saturated heterocycles. The summed E-state index contributed by atoms with van der Waals surface area (Å²) in [6.07, 6.45) is 1.51. The summed E-state index contributed by atoms with van der Waals surface area (Å²) in [5.74, 6) is 0.516. The molecule has 21 heavy (non-hydrogen) atoms. The van der Waals surface area contributed by atoms with Crippen molar-refractivity contribution in [3.63, 3.8) is 0 Å². The highest BCUT2D eigenvalue weighted by Gasteiger charge is 2.21. The quantitative estimate of drug-likeness (QED) is 0.687. The van der Waals surface area contributed by atoms with E-state index in [1.54, 1.807) is 6.07 Å². The Kier molecular flexibility index (Phi) is 3.60. The summed E-state index contributed by atoms with van der Waals surface area (Å²) >= 11 is 0. The second-order valence-corrected chi connectivity index (χ2v) is 5.19. The van der Waals surface area contributed by atoms with Crippen LogP contribution in [-0.2, 0) is 13.0 Å². The van der Waals surface area contributed by atoms with Crippen molar-refractivity contribution in [2.24, 2.45) is 5.16 Å². The zero-order valence-corrected chi connectivity index (χ0v) is 11.8. The van der Waals surface area contributed by atoms with E-state index < -0.39 is 0 Å². The molecule has 1 aliphatic rings. The van der Waals surface area contributed by atoms with Crippen LogP contribution in [-0.4, -0.2) is 10.9 Å². The predicted octanol–water partition coefficient (Wildman–Crippen LogP) is 3.84.